The van der Waals surface area contributed by atoms with Crippen molar-refractivity contribution in [3.63, 3.8) is 0 Å². The Kier molecular flexibility index (Phi) is 3.28. The topological polar surface area (TPSA) is 34.9 Å². The molecule has 0 aliphatic carbocycles. The van der Waals surface area contributed by atoms with Gasteiger partial charge in [-0.1, -0.05) is 0 Å². The monoisotopic (exact) mass is 246 g/mol. The third kappa shape index (κ3) is 2.06. The second kappa shape index (κ2) is 4.72. The number of aryl methyl sites for hydroxylation is 1. The molecule has 2 aromatic rings. The van der Waals surface area contributed by atoms with Crippen LogP contribution in [-0.4, -0.2) is 15.6 Å². The number of hydrogen-bond acceptors (Lipinski definition) is 2. The fraction of sp³-hybridized carbons (Fsp3) is 0.286. The smallest absolute Gasteiger partial charge is 0.159 e. The zero-order valence-corrected chi connectivity index (χ0v) is 10.7. The first-order chi connectivity index (χ1) is 8.54. The van der Waals surface area contributed by atoms with Crippen LogP contribution >= 0.6 is 0 Å². The molecule has 0 amide bonds. The summed E-state index contributed by atoms with van der Waals surface area (Å²) >= 11 is 0. The average Bonchev–Trinajstić information content (AvgIpc) is 2.70. The molecule has 0 bridgehead atoms. The van der Waals surface area contributed by atoms with Crippen molar-refractivity contribution in [1.29, 1.82) is 0 Å². The number of carbonyl (C=O) groups excluding carboxylic acids is 1. The fourth-order valence-corrected chi connectivity index (χ4v) is 1.98. The Hall–Kier alpha value is -1.97. The maximum Gasteiger partial charge on any atom is 0.159 e. The van der Waals surface area contributed by atoms with E-state index >= 15 is 0 Å². The van der Waals surface area contributed by atoms with Gasteiger partial charge in [0, 0.05) is 28.9 Å². The van der Waals surface area contributed by atoms with Gasteiger partial charge in [0.15, 0.2) is 5.78 Å². The maximum absolute atomic E-state index is 13.9. The van der Waals surface area contributed by atoms with Crippen LogP contribution in [0.2, 0.25) is 0 Å². The van der Waals surface area contributed by atoms with Gasteiger partial charge in [-0.25, -0.2) is 4.39 Å². The molecule has 4 heteroatoms. The number of halogens is 1. The molecule has 0 aliphatic heterocycles. The number of rotatable bonds is 3. The van der Waals surface area contributed by atoms with Gasteiger partial charge >= 0.3 is 0 Å². The minimum Gasteiger partial charge on any atom is -0.295 e. The SMILES string of the molecule is CCn1ncc(-c2cc(C(C)=O)ccc2F)c1C. The van der Waals surface area contributed by atoms with Crippen LogP contribution < -0.4 is 0 Å². The van der Waals surface area contributed by atoms with E-state index in [2.05, 4.69) is 5.10 Å². The van der Waals surface area contributed by atoms with Crippen LogP contribution in [0, 0.1) is 12.7 Å². The Labute approximate surface area is 105 Å². The zero-order valence-electron chi connectivity index (χ0n) is 10.7. The summed E-state index contributed by atoms with van der Waals surface area (Å²) in [5.74, 6) is -0.407. The van der Waals surface area contributed by atoms with Crippen molar-refractivity contribution >= 4 is 5.78 Å². The van der Waals surface area contributed by atoms with E-state index in [1.54, 1.807) is 16.9 Å². The summed E-state index contributed by atoms with van der Waals surface area (Å²) in [4.78, 5) is 11.3. The quantitative estimate of drug-likeness (QED) is 0.779. The molecule has 0 unspecified atom stereocenters. The summed E-state index contributed by atoms with van der Waals surface area (Å²) in [6.45, 7) is 6.08. The number of hydrogen-bond donors (Lipinski definition) is 0. The molecule has 0 atom stereocenters. The average molecular weight is 246 g/mol. The summed E-state index contributed by atoms with van der Waals surface area (Å²) < 4.78 is 15.7. The second-order valence-corrected chi connectivity index (χ2v) is 4.21. The van der Waals surface area contributed by atoms with Gasteiger partial charge in [0.2, 0.25) is 0 Å². The summed E-state index contributed by atoms with van der Waals surface area (Å²) in [5.41, 5.74) is 2.57. The minimum atomic E-state index is -0.334. The van der Waals surface area contributed by atoms with Crippen LogP contribution in [-0.2, 0) is 6.54 Å². The van der Waals surface area contributed by atoms with E-state index in [0.717, 1.165) is 17.8 Å². The lowest BCUT2D eigenvalue weighted by atomic mass is 10.0. The van der Waals surface area contributed by atoms with E-state index in [1.807, 2.05) is 13.8 Å². The highest BCUT2D eigenvalue weighted by Gasteiger charge is 2.13. The first-order valence-corrected chi connectivity index (χ1v) is 5.87. The molecule has 2 rings (SSSR count). The highest BCUT2D eigenvalue weighted by molar-refractivity contribution is 5.95. The Morgan fingerprint density at radius 1 is 1.39 bits per heavy atom. The number of carbonyl (C=O) groups is 1. The lowest BCUT2D eigenvalue weighted by molar-refractivity contribution is 0.101. The number of aromatic nitrogens is 2. The maximum atomic E-state index is 13.9. The van der Waals surface area contributed by atoms with Crippen molar-refractivity contribution in [3.05, 3.63) is 41.5 Å². The molecular weight excluding hydrogens is 231 g/mol. The molecule has 0 saturated carbocycles. The largest absolute Gasteiger partial charge is 0.295 e. The van der Waals surface area contributed by atoms with E-state index in [1.165, 1.54) is 19.1 Å². The number of Topliss-reactive ketones (excluding diaryl/α,β-unsaturated/α-hetero) is 1. The van der Waals surface area contributed by atoms with Gasteiger partial charge < -0.3 is 0 Å². The Morgan fingerprint density at radius 3 is 2.67 bits per heavy atom. The van der Waals surface area contributed by atoms with E-state index < -0.39 is 0 Å². The molecule has 0 spiro atoms. The zero-order chi connectivity index (χ0) is 13.3. The van der Waals surface area contributed by atoms with Gasteiger partial charge in [-0.3, -0.25) is 9.48 Å². The van der Waals surface area contributed by atoms with Crippen molar-refractivity contribution in [2.75, 3.05) is 0 Å². The van der Waals surface area contributed by atoms with Crippen LogP contribution in [0.5, 0.6) is 0 Å². The van der Waals surface area contributed by atoms with Crippen molar-refractivity contribution in [2.45, 2.75) is 27.3 Å². The Bertz CT molecular complexity index is 602. The number of benzene rings is 1. The van der Waals surface area contributed by atoms with Crippen molar-refractivity contribution in [1.82, 2.24) is 9.78 Å². The summed E-state index contributed by atoms with van der Waals surface area (Å²) in [7, 11) is 0. The van der Waals surface area contributed by atoms with E-state index in [9.17, 15) is 9.18 Å². The third-order valence-corrected chi connectivity index (χ3v) is 3.07. The van der Waals surface area contributed by atoms with Gasteiger partial charge in [0.05, 0.1) is 6.20 Å². The molecule has 3 nitrogen and oxygen atoms in total. The molecule has 0 radical (unpaired) electrons. The number of nitrogens with zero attached hydrogens (tertiary/aromatic N) is 2. The Morgan fingerprint density at radius 2 is 2.11 bits per heavy atom. The molecule has 1 heterocycles. The van der Waals surface area contributed by atoms with Crippen molar-refractivity contribution in [2.24, 2.45) is 0 Å². The van der Waals surface area contributed by atoms with Gasteiger partial charge in [0.25, 0.3) is 0 Å². The molecule has 0 N–H and O–H groups in total. The first-order valence-electron chi connectivity index (χ1n) is 5.87. The van der Waals surface area contributed by atoms with Crippen LogP contribution in [0.25, 0.3) is 11.1 Å². The molecule has 0 fully saturated rings. The molecule has 1 aromatic carbocycles. The van der Waals surface area contributed by atoms with Crippen molar-refractivity contribution < 1.29 is 9.18 Å². The van der Waals surface area contributed by atoms with Gasteiger partial charge in [-0.05, 0) is 39.0 Å². The summed E-state index contributed by atoms with van der Waals surface area (Å²) in [5, 5.41) is 4.19. The van der Waals surface area contributed by atoms with Crippen LogP contribution in [0.4, 0.5) is 4.39 Å². The van der Waals surface area contributed by atoms with E-state index in [0.29, 0.717) is 11.1 Å². The molecular formula is C14H15FN2O. The molecule has 18 heavy (non-hydrogen) atoms. The van der Waals surface area contributed by atoms with Crippen LogP contribution in [0.3, 0.4) is 0 Å². The molecule has 0 saturated heterocycles. The number of ketones is 1. The van der Waals surface area contributed by atoms with Gasteiger partial charge in [-0.15, -0.1) is 0 Å². The Balaban J connectivity index is 2.59. The fourth-order valence-electron chi connectivity index (χ4n) is 1.98. The predicted octanol–water partition coefficient (Wildman–Crippen LogP) is 3.22. The highest BCUT2D eigenvalue weighted by atomic mass is 19.1. The van der Waals surface area contributed by atoms with Gasteiger partial charge in [0.1, 0.15) is 5.82 Å². The molecule has 1 aromatic heterocycles. The third-order valence-electron chi connectivity index (χ3n) is 3.07. The lowest BCUT2D eigenvalue weighted by Gasteiger charge is -2.05. The standard InChI is InChI=1S/C14H15FN2O/c1-4-17-9(2)13(8-16-17)12-7-11(10(3)18)5-6-14(12)15/h5-8H,4H2,1-3H3. The summed E-state index contributed by atoms with van der Waals surface area (Å²) in [6, 6.07) is 4.41. The predicted molar refractivity (Wildman–Crippen MR) is 68.0 cm³/mol. The van der Waals surface area contributed by atoms with Crippen LogP contribution in [0.15, 0.2) is 24.4 Å². The summed E-state index contributed by atoms with van der Waals surface area (Å²) in [6.07, 6.45) is 1.64. The lowest BCUT2D eigenvalue weighted by Crippen LogP contribution is -1.99. The van der Waals surface area contributed by atoms with Crippen LogP contribution in [0.1, 0.15) is 29.9 Å². The highest BCUT2D eigenvalue weighted by Crippen LogP contribution is 2.27. The normalized spacial score (nSPS) is 10.7. The van der Waals surface area contributed by atoms with E-state index in [-0.39, 0.29) is 11.6 Å². The van der Waals surface area contributed by atoms with Crippen molar-refractivity contribution in [3.8, 4) is 11.1 Å². The molecule has 0 aliphatic rings. The first kappa shape index (κ1) is 12.5. The molecule has 94 valence electrons. The minimum absolute atomic E-state index is 0.0724. The van der Waals surface area contributed by atoms with Gasteiger partial charge in [-0.2, -0.15) is 5.10 Å². The second-order valence-electron chi connectivity index (χ2n) is 4.21. The van der Waals surface area contributed by atoms with E-state index in [4.69, 9.17) is 0 Å².